The number of carboxylic acids is 1. The maximum Gasteiger partial charge on any atom is 0.337 e. The summed E-state index contributed by atoms with van der Waals surface area (Å²) in [6, 6.07) is 4.17. The van der Waals surface area contributed by atoms with Gasteiger partial charge in [-0.15, -0.1) is 0 Å². The van der Waals surface area contributed by atoms with Gasteiger partial charge in [-0.05, 0) is 25.1 Å². The number of benzene rings is 1. The number of carboxylic acid groups (broad SMARTS) is 1. The van der Waals surface area contributed by atoms with Gasteiger partial charge in [0.1, 0.15) is 5.69 Å². The van der Waals surface area contributed by atoms with Crippen molar-refractivity contribution in [2.75, 3.05) is 5.32 Å². The molecule has 0 aliphatic rings. The van der Waals surface area contributed by atoms with Crippen molar-refractivity contribution in [1.82, 2.24) is 9.78 Å². The number of carbonyl (C=O) groups is 2. The van der Waals surface area contributed by atoms with Crippen LogP contribution in [0.15, 0.2) is 18.2 Å². The second kappa shape index (κ2) is 5.75. The van der Waals surface area contributed by atoms with Crippen molar-refractivity contribution in [1.29, 1.82) is 0 Å². The number of anilines is 1. The largest absolute Gasteiger partial charge is 0.478 e. The average Bonchev–Trinajstić information content (AvgIpc) is 2.71. The Morgan fingerprint density at radius 3 is 2.48 bits per heavy atom. The Balaban J connectivity index is 2.42. The van der Waals surface area contributed by atoms with Crippen LogP contribution in [0.3, 0.4) is 0 Å². The number of amides is 1. The number of nitrogens with one attached hydrogen (secondary N) is 1. The van der Waals surface area contributed by atoms with Crippen LogP contribution in [-0.2, 0) is 7.05 Å². The van der Waals surface area contributed by atoms with Crippen LogP contribution in [0, 0.1) is 6.92 Å². The Kier molecular flexibility index (Phi) is 4.20. The molecule has 0 fully saturated rings. The quantitative estimate of drug-likeness (QED) is 0.907. The first-order valence-electron chi connectivity index (χ1n) is 5.84. The van der Waals surface area contributed by atoms with Gasteiger partial charge in [0.25, 0.3) is 5.91 Å². The lowest BCUT2D eigenvalue weighted by molar-refractivity contribution is 0.0698. The highest BCUT2D eigenvalue weighted by Crippen LogP contribution is 2.30. The van der Waals surface area contributed by atoms with Gasteiger partial charge >= 0.3 is 5.97 Å². The minimum Gasteiger partial charge on any atom is -0.478 e. The van der Waals surface area contributed by atoms with Gasteiger partial charge in [-0.3, -0.25) is 9.48 Å². The van der Waals surface area contributed by atoms with Crippen LogP contribution in [0.25, 0.3) is 0 Å². The maximum atomic E-state index is 12.2. The zero-order valence-corrected chi connectivity index (χ0v) is 12.7. The monoisotopic (exact) mass is 327 g/mol. The van der Waals surface area contributed by atoms with Crippen molar-refractivity contribution in [3.8, 4) is 0 Å². The highest BCUT2D eigenvalue weighted by Gasteiger charge is 2.19. The minimum absolute atomic E-state index is 0.00239. The molecule has 21 heavy (non-hydrogen) atoms. The average molecular weight is 328 g/mol. The third-order valence-electron chi connectivity index (χ3n) is 2.76. The van der Waals surface area contributed by atoms with Crippen LogP contribution in [0.5, 0.6) is 0 Å². The molecule has 0 saturated heterocycles. The standard InChI is InChI=1S/C13H11Cl2N3O3/c1-6-3-10(18(2)17-6)12(19)16-11-8(13(20)21)4-7(14)5-9(11)15/h3-5H,1-2H3,(H,16,19)(H,20,21). The molecule has 2 rings (SSSR count). The van der Waals surface area contributed by atoms with Gasteiger partial charge in [-0.1, -0.05) is 23.2 Å². The van der Waals surface area contributed by atoms with Crippen molar-refractivity contribution < 1.29 is 14.7 Å². The second-order valence-corrected chi connectivity index (χ2v) is 5.21. The summed E-state index contributed by atoms with van der Waals surface area (Å²) in [5, 5.41) is 15.9. The molecule has 110 valence electrons. The molecule has 0 radical (unpaired) electrons. The van der Waals surface area contributed by atoms with Gasteiger partial charge in [0.05, 0.1) is 22.0 Å². The van der Waals surface area contributed by atoms with E-state index in [2.05, 4.69) is 10.4 Å². The fraction of sp³-hybridized carbons (Fsp3) is 0.154. The normalized spacial score (nSPS) is 10.5. The second-order valence-electron chi connectivity index (χ2n) is 4.36. The van der Waals surface area contributed by atoms with Crippen LogP contribution >= 0.6 is 23.2 Å². The summed E-state index contributed by atoms with van der Waals surface area (Å²) < 4.78 is 1.40. The molecule has 1 aromatic carbocycles. The Bertz CT molecular complexity index is 741. The summed E-state index contributed by atoms with van der Waals surface area (Å²) in [6.07, 6.45) is 0. The zero-order chi connectivity index (χ0) is 15.7. The minimum atomic E-state index is -1.24. The van der Waals surface area contributed by atoms with Gasteiger partial charge in [-0.2, -0.15) is 5.10 Å². The van der Waals surface area contributed by atoms with Crippen LogP contribution < -0.4 is 5.32 Å². The fourth-order valence-corrected chi connectivity index (χ4v) is 2.41. The van der Waals surface area contributed by atoms with E-state index in [0.29, 0.717) is 5.69 Å². The molecule has 0 aliphatic carbocycles. The summed E-state index contributed by atoms with van der Waals surface area (Å²) in [5.74, 6) is -1.75. The number of nitrogens with zero attached hydrogens (tertiary/aromatic N) is 2. The molecule has 0 spiro atoms. The van der Waals surface area contributed by atoms with Crippen LogP contribution in [0.4, 0.5) is 5.69 Å². The van der Waals surface area contributed by atoms with E-state index in [9.17, 15) is 14.7 Å². The van der Waals surface area contributed by atoms with E-state index in [1.54, 1.807) is 20.0 Å². The maximum absolute atomic E-state index is 12.2. The Morgan fingerprint density at radius 1 is 1.29 bits per heavy atom. The zero-order valence-electron chi connectivity index (χ0n) is 11.1. The number of aromatic carboxylic acids is 1. The highest BCUT2D eigenvalue weighted by atomic mass is 35.5. The van der Waals surface area contributed by atoms with E-state index in [-0.39, 0.29) is 27.0 Å². The molecule has 0 unspecified atom stereocenters. The van der Waals surface area contributed by atoms with E-state index >= 15 is 0 Å². The molecule has 0 aliphatic heterocycles. The number of aromatic nitrogens is 2. The van der Waals surface area contributed by atoms with Gasteiger partial charge in [-0.25, -0.2) is 4.79 Å². The summed E-state index contributed by atoms with van der Waals surface area (Å²) in [5.41, 5.74) is 0.773. The van der Waals surface area contributed by atoms with Crippen molar-refractivity contribution in [2.24, 2.45) is 7.05 Å². The molecule has 6 nitrogen and oxygen atoms in total. The van der Waals surface area contributed by atoms with Crippen molar-refractivity contribution in [3.05, 3.63) is 45.2 Å². The molecular weight excluding hydrogens is 317 g/mol. The molecule has 0 bridgehead atoms. The Hall–Kier alpha value is -2.05. The van der Waals surface area contributed by atoms with Crippen molar-refractivity contribution in [3.63, 3.8) is 0 Å². The highest BCUT2D eigenvalue weighted by molar-refractivity contribution is 6.38. The molecular formula is C13H11Cl2N3O3. The first-order chi connectivity index (χ1) is 9.79. The molecule has 2 N–H and O–H groups in total. The van der Waals surface area contributed by atoms with Crippen molar-refractivity contribution in [2.45, 2.75) is 6.92 Å². The number of hydrogen-bond acceptors (Lipinski definition) is 3. The van der Waals surface area contributed by atoms with Gasteiger partial charge in [0.15, 0.2) is 0 Å². The summed E-state index contributed by atoms with van der Waals surface area (Å²) in [4.78, 5) is 23.4. The third-order valence-corrected chi connectivity index (χ3v) is 3.27. The number of aryl methyl sites for hydroxylation is 2. The summed E-state index contributed by atoms with van der Waals surface area (Å²) in [6.45, 7) is 1.74. The molecule has 1 heterocycles. The van der Waals surface area contributed by atoms with Crippen LogP contribution in [-0.4, -0.2) is 26.8 Å². The number of rotatable bonds is 3. The number of carbonyl (C=O) groups excluding carboxylic acids is 1. The van der Waals surface area contributed by atoms with Gasteiger partial charge in [0.2, 0.25) is 0 Å². The topological polar surface area (TPSA) is 84.2 Å². The molecule has 1 amide bonds. The third kappa shape index (κ3) is 3.17. The SMILES string of the molecule is Cc1cc(C(=O)Nc2c(Cl)cc(Cl)cc2C(=O)O)n(C)n1. The lowest BCUT2D eigenvalue weighted by atomic mass is 10.1. The Labute approximate surface area is 130 Å². The van der Waals surface area contributed by atoms with Crippen LogP contribution in [0.1, 0.15) is 26.5 Å². The van der Waals surface area contributed by atoms with Crippen molar-refractivity contribution >= 4 is 40.8 Å². The van der Waals surface area contributed by atoms with Gasteiger partial charge in [0, 0.05) is 12.1 Å². The molecule has 1 aromatic heterocycles. The summed E-state index contributed by atoms with van der Waals surface area (Å²) in [7, 11) is 1.61. The lowest BCUT2D eigenvalue weighted by Gasteiger charge is -2.11. The van der Waals surface area contributed by atoms with E-state index in [0.717, 1.165) is 0 Å². The molecule has 2 aromatic rings. The van der Waals surface area contributed by atoms with E-state index in [1.807, 2.05) is 0 Å². The number of hydrogen-bond donors (Lipinski definition) is 2. The predicted molar refractivity (Wildman–Crippen MR) is 79.3 cm³/mol. The van der Waals surface area contributed by atoms with Crippen LogP contribution in [0.2, 0.25) is 10.0 Å². The Morgan fingerprint density at radius 2 is 1.95 bits per heavy atom. The first-order valence-corrected chi connectivity index (χ1v) is 6.59. The van der Waals surface area contributed by atoms with E-state index in [1.165, 1.54) is 16.8 Å². The smallest absolute Gasteiger partial charge is 0.337 e. The van der Waals surface area contributed by atoms with Gasteiger partial charge < -0.3 is 10.4 Å². The number of halogens is 2. The molecule has 0 saturated carbocycles. The first kappa shape index (κ1) is 15.3. The lowest BCUT2D eigenvalue weighted by Crippen LogP contribution is -2.18. The molecule has 8 heteroatoms. The van der Waals surface area contributed by atoms with E-state index in [4.69, 9.17) is 23.2 Å². The molecule has 0 atom stereocenters. The fourth-order valence-electron chi connectivity index (χ4n) is 1.87. The summed E-state index contributed by atoms with van der Waals surface area (Å²) >= 11 is 11.7. The van der Waals surface area contributed by atoms with E-state index < -0.39 is 11.9 Å². The predicted octanol–water partition coefficient (Wildman–Crippen LogP) is 2.99.